The first-order valence-electron chi connectivity index (χ1n) is 5.07. The third kappa shape index (κ3) is 4.38. The van der Waals surface area contributed by atoms with Crippen molar-refractivity contribution in [3.8, 4) is 0 Å². The number of ether oxygens (including phenoxy) is 1. The molecule has 1 aromatic rings. The molecule has 0 heterocycles. The van der Waals surface area contributed by atoms with Gasteiger partial charge in [0.2, 0.25) is 0 Å². The van der Waals surface area contributed by atoms with E-state index >= 15 is 0 Å². The zero-order valence-corrected chi connectivity index (χ0v) is 13.9. The molecule has 0 bridgehead atoms. The minimum atomic E-state index is -4.14. The lowest BCUT2D eigenvalue weighted by Crippen LogP contribution is -2.29. The van der Waals surface area contributed by atoms with Crippen LogP contribution in [0.4, 0.5) is 0 Å². The molecule has 0 saturated carbocycles. The topological polar surface area (TPSA) is 81.8 Å². The minimum absolute atomic E-state index is 0.0154. The van der Waals surface area contributed by atoms with Crippen molar-refractivity contribution in [1.82, 2.24) is 0 Å². The predicted octanol–water partition coefficient (Wildman–Crippen LogP) is 2.95. The van der Waals surface area contributed by atoms with Gasteiger partial charge in [-0.15, -0.1) is 16.0 Å². The van der Waals surface area contributed by atoms with Gasteiger partial charge in [-0.2, -0.15) is 8.42 Å². The Morgan fingerprint density at radius 3 is 2.40 bits per heavy atom. The number of nitrogens with two attached hydrogens (primary N) is 1. The summed E-state index contributed by atoms with van der Waals surface area (Å²) in [5.41, 5.74) is 5.50. The average Bonchev–Trinajstić information content (AvgIpc) is 2.33. The Bertz CT molecular complexity index is 634. The van der Waals surface area contributed by atoms with E-state index in [1.807, 2.05) is 0 Å². The Morgan fingerprint density at radius 2 is 1.85 bits per heavy atom. The van der Waals surface area contributed by atoms with E-state index in [0.717, 1.165) is 6.07 Å². The number of benzene rings is 1. The van der Waals surface area contributed by atoms with Gasteiger partial charge in [-0.3, -0.25) is 0 Å². The smallest absolute Gasteiger partial charge is 0.285 e. The van der Waals surface area contributed by atoms with E-state index in [1.54, 1.807) is 0 Å². The van der Waals surface area contributed by atoms with E-state index < -0.39 is 15.4 Å². The highest BCUT2D eigenvalue weighted by molar-refractivity contribution is 7.90. The van der Waals surface area contributed by atoms with Crippen LogP contribution < -0.4 is 5.73 Å². The van der Waals surface area contributed by atoms with Gasteiger partial charge in [0.15, 0.2) is 0 Å². The Balaban J connectivity index is 3.24. The van der Waals surface area contributed by atoms with Crippen LogP contribution in [0.1, 0.15) is 0 Å². The van der Waals surface area contributed by atoms with Crippen molar-refractivity contribution >= 4 is 62.3 Å². The molecule has 10 heteroatoms. The van der Waals surface area contributed by atoms with Gasteiger partial charge in [0.1, 0.15) is 16.1 Å². The van der Waals surface area contributed by atoms with Gasteiger partial charge in [0.25, 0.3) is 10.0 Å². The number of halogens is 4. The summed E-state index contributed by atoms with van der Waals surface area (Å²) in [6.45, 7) is 0.0154. The average molecular weight is 380 g/mol. The molecule has 112 valence electrons. The Morgan fingerprint density at radius 1 is 1.30 bits per heavy atom. The summed E-state index contributed by atoms with van der Waals surface area (Å²) >= 11 is 23.1. The lowest BCUT2D eigenvalue weighted by atomic mass is 10.4. The maximum Gasteiger partial charge on any atom is 0.285 e. The zero-order valence-electron chi connectivity index (χ0n) is 10.1. The first kappa shape index (κ1) is 17.8. The van der Waals surface area contributed by atoms with E-state index in [0.29, 0.717) is 0 Å². The van der Waals surface area contributed by atoms with Gasteiger partial charge < -0.3 is 10.5 Å². The molecular weight excluding hydrogens is 370 g/mol. The number of sulfonamides is 1. The summed E-state index contributed by atoms with van der Waals surface area (Å²) in [4.78, 5) is -0.308. The van der Waals surface area contributed by atoms with Crippen molar-refractivity contribution in [1.29, 1.82) is 0 Å². The second kappa shape index (κ2) is 7.15. The fourth-order valence-electron chi connectivity index (χ4n) is 1.18. The summed E-state index contributed by atoms with van der Waals surface area (Å²) in [5.74, 6) is -0.310. The van der Waals surface area contributed by atoms with Crippen LogP contribution in [0.15, 0.2) is 21.4 Å². The minimum Gasteiger partial charge on any atom is -0.385 e. The largest absolute Gasteiger partial charge is 0.385 e. The molecule has 0 aliphatic carbocycles. The first-order valence-corrected chi connectivity index (χ1v) is 8.08. The maximum atomic E-state index is 12.1. The Kier molecular flexibility index (Phi) is 6.37. The quantitative estimate of drug-likeness (QED) is 0.369. The first-order chi connectivity index (χ1) is 9.19. The van der Waals surface area contributed by atoms with Crippen LogP contribution in [0.3, 0.4) is 0 Å². The molecule has 1 aromatic carbocycles. The van der Waals surface area contributed by atoms with Crippen LogP contribution in [0, 0.1) is 0 Å². The lowest BCUT2D eigenvalue weighted by Gasteiger charge is -2.09. The van der Waals surface area contributed by atoms with E-state index in [1.165, 1.54) is 13.2 Å². The van der Waals surface area contributed by atoms with Gasteiger partial charge in [-0.05, 0) is 12.1 Å². The molecule has 1 unspecified atom stereocenters. The molecule has 1 atom stereocenters. The maximum absolute atomic E-state index is 12.1. The fourth-order valence-corrected chi connectivity index (χ4v) is 3.39. The van der Waals surface area contributed by atoms with Gasteiger partial charge >= 0.3 is 0 Å². The van der Waals surface area contributed by atoms with Crippen molar-refractivity contribution in [2.75, 3.05) is 13.7 Å². The van der Waals surface area contributed by atoms with Gasteiger partial charge in [0.05, 0.1) is 21.7 Å². The second-order valence-electron chi connectivity index (χ2n) is 3.61. The third-order valence-corrected chi connectivity index (χ3v) is 4.95. The van der Waals surface area contributed by atoms with Crippen LogP contribution in [0.5, 0.6) is 0 Å². The van der Waals surface area contributed by atoms with Crippen LogP contribution in [0.25, 0.3) is 0 Å². The summed E-state index contributed by atoms with van der Waals surface area (Å²) in [6, 6.07) is 2.30. The Hall–Kier alpha value is -0.240. The molecule has 5 nitrogen and oxygen atoms in total. The number of alkyl halides is 1. The monoisotopic (exact) mass is 378 g/mol. The molecule has 20 heavy (non-hydrogen) atoms. The number of hydrogen-bond acceptors (Lipinski definition) is 3. The highest BCUT2D eigenvalue weighted by Crippen LogP contribution is 2.32. The molecular formula is C10H10Cl4N2O3S. The highest BCUT2D eigenvalue weighted by atomic mass is 35.5. The van der Waals surface area contributed by atoms with E-state index in [2.05, 4.69) is 4.40 Å². The van der Waals surface area contributed by atoms with E-state index in [-0.39, 0.29) is 32.4 Å². The second-order valence-corrected chi connectivity index (χ2v) is 6.93. The fraction of sp³-hybridized carbons (Fsp3) is 0.300. The molecule has 2 N–H and O–H groups in total. The molecule has 0 radical (unpaired) electrons. The zero-order chi connectivity index (χ0) is 15.5. The van der Waals surface area contributed by atoms with Crippen molar-refractivity contribution in [3.05, 3.63) is 27.2 Å². The molecule has 0 spiro atoms. The Labute approximate surface area is 136 Å². The summed E-state index contributed by atoms with van der Waals surface area (Å²) in [7, 11) is -2.75. The number of nitrogens with zero attached hydrogens (tertiary/aromatic N) is 1. The number of methoxy groups -OCH3 is 1. The number of amidine groups is 1. The van der Waals surface area contributed by atoms with Crippen molar-refractivity contribution < 1.29 is 13.2 Å². The third-order valence-electron chi connectivity index (χ3n) is 2.11. The molecule has 1 rings (SSSR count). The molecule has 0 aromatic heterocycles. The predicted molar refractivity (Wildman–Crippen MR) is 81.8 cm³/mol. The van der Waals surface area contributed by atoms with Gasteiger partial charge in [0, 0.05) is 7.11 Å². The summed E-state index contributed by atoms with van der Waals surface area (Å²) in [5, 5.41) is -0.838. The normalized spacial score (nSPS) is 14.3. The van der Waals surface area contributed by atoms with Crippen LogP contribution in [-0.2, 0) is 14.8 Å². The van der Waals surface area contributed by atoms with Crippen LogP contribution >= 0.6 is 46.4 Å². The highest BCUT2D eigenvalue weighted by Gasteiger charge is 2.21. The van der Waals surface area contributed by atoms with Gasteiger partial charge in [-0.1, -0.05) is 34.8 Å². The standard InChI is InChI=1S/C10H10Cl4N2O3S/c1-19-4-8(14)10(15)16-20(17,18)9-3-6(12)5(11)2-7(9)13/h2-3,8H,4H2,1H3,(H2,15,16). The SMILES string of the molecule is COCC(Cl)/C(N)=N/S(=O)(=O)c1cc(Cl)c(Cl)cc1Cl. The van der Waals surface area contributed by atoms with E-state index in [4.69, 9.17) is 56.9 Å². The van der Waals surface area contributed by atoms with Crippen molar-refractivity contribution in [2.45, 2.75) is 10.3 Å². The van der Waals surface area contributed by atoms with Crippen molar-refractivity contribution in [2.24, 2.45) is 10.1 Å². The molecule has 0 aliphatic rings. The lowest BCUT2D eigenvalue weighted by molar-refractivity contribution is 0.209. The molecule has 0 aliphatic heterocycles. The summed E-state index contributed by atoms with van der Waals surface area (Å²) < 4.78 is 32.3. The van der Waals surface area contributed by atoms with Gasteiger partial charge in [-0.25, -0.2) is 0 Å². The molecule has 0 amide bonds. The number of hydrogen-bond donors (Lipinski definition) is 1. The summed E-state index contributed by atoms with van der Waals surface area (Å²) in [6.07, 6.45) is 0. The van der Waals surface area contributed by atoms with E-state index in [9.17, 15) is 8.42 Å². The number of rotatable bonds is 5. The van der Waals surface area contributed by atoms with Crippen molar-refractivity contribution in [3.63, 3.8) is 0 Å². The van der Waals surface area contributed by atoms with Crippen LogP contribution in [0.2, 0.25) is 15.1 Å². The van der Waals surface area contributed by atoms with Crippen LogP contribution in [-0.4, -0.2) is 33.3 Å². The molecule has 0 saturated heterocycles. The molecule has 0 fully saturated rings.